The number of rotatable bonds is 2. The second-order valence-corrected chi connectivity index (χ2v) is 5.07. The molecule has 18 heavy (non-hydrogen) atoms. The third-order valence-corrected chi connectivity index (χ3v) is 3.48. The van der Waals surface area contributed by atoms with Crippen molar-refractivity contribution in [1.29, 1.82) is 0 Å². The van der Waals surface area contributed by atoms with Crippen molar-refractivity contribution in [2.24, 2.45) is 0 Å². The zero-order chi connectivity index (χ0) is 13.5. The highest BCUT2D eigenvalue weighted by Crippen LogP contribution is 2.34. The van der Waals surface area contributed by atoms with Gasteiger partial charge in [-0.2, -0.15) is 8.42 Å². The molecule has 0 amide bonds. The quantitative estimate of drug-likeness (QED) is 0.427. The Kier molecular flexibility index (Phi) is 2.72. The number of fused-ring (bicyclic) bond motifs is 1. The molecule has 6 nitrogen and oxygen atoms in total. The number of aldehydes is 1. The van der Waals surface area contributed by atoms with Crippen LogP contribution in [-0.4, -0.2) is 24.4 Å². The Labute approximate surface area is 102 Å². The summed E-state index contributed by atoms with van der Waals surface area (Å²) in [6.07, 6.45) is 0.242. The summed E-state index contributed by atoms with van der Waals surface area (Å²) < 4.78 is 31.8. The fourth-order valence-corrected chi connectivity index (χ4v) is 2.65. The van der Waals surface area contributed by atoms with Crippen LogP contribution in [0.2, 0.25) is 0 Å². The average molecular weight is 267 g/mol. The number of benzene rings is 2. The lowest BCUT2D eigenvalue weighted by atomic mass is 10.1. The molecule has 0 saturated carbocycles. The molecule has 0 aliphatic carbocycles. The largest absolute Gasteiger partial charge is 0.507 e. The number of carbonyl (C=O) groups is 1. The number of hydrogen-bond donors (Lipinski definition) is 3. The fourth-order valence-electron chi connectivity index (χ4n) is 1.79. The Balaban J connectivity index is 3.09. The first-order valence-corrected chi connectivity index (χ1v) is 6.26. The van der Waals surface area contributed by atoms with Crippen LogP contribution in [0.4, 0.5) is 5.69 Å². The van der Waals surface area contributed by atoms with Gasteiger partial charge in [0.2, 0.25) is 0 Å². The standard InChI is InChI=1S/C11H9NO5S/c12-7-1-2-8-9(4-7)11(18(15,16)17)6(5-13)3-10(8)14/h1-5,14H,12H2,(H,15,16,17). The summed E-state index contributed by atoms with van der Waals surface area (Å²) in [5.41, 5.74) is 5.45. The van der Waals surface area contributed by atoms with Gasteiger partial charge in [0.15, 0.2) is 6.29 Å². The number of nitrogen functional groups attached to an aromatic ring is 1. The molecule has 0 radical (unpaired) electrons. The Morgan fingerprint density at radius 3 is 2.39 bits per heavy atom. The molecule has 0 aromatic heterocycles. The van der Waals surface area contributed by atoms with Crippen LogP contribution in [0.15, 0.2) is 29.2 Å². The second kappa shape index (κ2) is 3.97. The maximum Gasteiger partial charge on any atom is 0.295 e. The van der Waals surface area contributed by atoms with E-state index in [4.69, 9.17) is 5.73 Å². The van der Waals surface area contributed by atoms with Gasteiger partial charge in [-0.1, -0.05) is 0 Å². The summed E-state index contributed by atoms with van der Waals surface area (Å²) >= 11 is 0. The van der Waals surface area contributed by atoms with E-state index in [-0.39, 0.29) is 34.1 Å². The topological polar surface area (TPSA) is 118 Å². The minimum absolute atomic E-state index is 0.000370. The first-order valence-electron chi connectivity index (χ1n) is 4.82. The van der Waals surface area contributed by atoms with Crippen molar-refractivity contribution in [2.75, 3.05) is 5.73 Å². The van der Waals surface area contributed by atoms with Crippen LogP contribution in [0.3, 0.4) is 0 Å². The third kappa shape index (κ3) is 1.89. The molecular weight excluding hydrogens is 258 g/mol. The first kappa shape index (κ1) is 12.3. The van der Waals surface area contributed by atoms with E-state index in [1.54, 1.807) is 0 Å². The fraction of sp³-hybridized carbons (Fsp3) is 0. The van der Waals surface area contributed by atoms with Gasteiger partial charge in [-0.05, 0) is 24.3 Å². The molecule has 4 N–H and O–H groups in total. The smallest absolute Gasteiger partial charge is 0.295 e. The summed E-state index contributed by atoms with van der Waals surface area (Å²) in [7, 11) is -4.60. The lowest BCUT2D eigenvalue weighted by Gasteiger charge is -2.09. The SMILES string of the molecule is Nc1ccc2c(O)cc(C=O)c(S(=O)(=O)O)c2c1. The summed E-state index contributed by atoms with van der Waals surface area (Å²) in [6.45, 7) is 0. The summed E-state index contributed by atoms with van der Waals surface area (Å²) in [5, 5.41) is 9.87. The molecule has 2 aromatic rings. The molecule has 0 unspecified atom stereocenters. The van der Waals surface area contributed by atoms with E-state index in [1.165, 1.54) is 18.2 Å². The normalized spacial score (nSPS) is 11.6. The Bertz CT molecular complexity index is 752. The van der Waals surface area contributed by atoms with E-state index in [2.05, 4.69) is 0 Å². The Hall–Kier alpha value is -2.12. The van der Waals surface area contributed by atoms with Gasteiger partial charge < -0.3 is 10.8 Å². The zero-order valence-corrected chi connectivity index (χ0v) is 9.81. The number of aromatic hydroxyl groups is 1. The minimum atomic E-state index is -4.60. The van der Waals surface area contributed by atoms with Crippen molar-refractivity contribution >= 4 is 32.9 Å². The second-order valence-electron chi connectivity index (χ2n) is 3.71. The van der Waals surface area contributed by atoms with Crippen molar-refractivity contribution in [2.45, 2.75) is 4.90 Å². The van der Waals surface area contributed by atoms with Crippen molar-refractivity contribution in [3.63, 3.8) is 0 Å². The highest BCUT2D eigenvalue weighted by molar-refractivity contribution is 7.86. The molecule has 7 heteroatoms. The molecule has 2 rings (SSSR count). The Morgan fingerprint density at radius 2 is 1.83 bits per heavy atom. The lowest BCUT2D eigenvalue weighted by Crippen LogP contribution is -2.04. The van der Waals surface area contributed by atoms with Crippen molar-refractivity contribution in [1.82, 2.24) is 0 Å². The minimum Gasteiger partial charge on any atom is -0.507 e. The van der Waals surface area contributed by atoms with Crippen molar-refractivity contribution < 1.29 is 22.9 Å². The van der Waals surface area contributed by atoms with Crippen molar-refractivity contribution in [3.8, 4) is 5.75 Å². The molecule has 0 heterocycles. The lowest BCUT2D eigenvalue weighted by molar-refractivity contribution is 0.112. The molecule has 0 bridgehead atoms. The average Bonchev–Trinajstić information content (AvgIpc) is 2.26. The molecular formula is C11H9NO5S. The van der Waals surface area contributed by atoms with Gasteiger partial charge in [0.1, 0.15) is 10.6 Å². The van der Waals surface area contributed by atoms with Gasteiger partial charge in [0.25, 0.3) is 10.1 Å². The number of nitrogens with two attached hydrogens (primary N) is 1. The monoisotopic (exact) mass is 267 g/mol. The predicted molar refractivity (Wildman–Crippen MR) is 65.2 cm³/mol. The van der Waals surface area contributed by atoms with Gasteiger partial charge >= 0.3 is 0 Å². The number of hydrogen-bond acceptors (Lipinski definition) is 5. The van der Waals surface area contributed by atoms with Crippen LogP contribution < -0.4 is 5.73 Å². The molecule has 0 spiro atoms. The maximum absolute atomic E-state index is 11.3. The molecule has 0 atom stereocenters. The van der Waals surface area contributed by atoms with Crippen LogP contribution >= 0.6 is 0 Å². The number of phenolic OH excluding ortho intramolecular Hbond substituents is 1. The number of phenols is 1. The molecule has 0 saturated heterocycles. The summed E-state index contributed by atoms with van der Waals surface area (Å²) in [6, 6.07) is 5.12. The highest BCUT2D eigenvalue weighted by Gasteiger charge is 2.21. The van der Waals surface area contributed by atoms with Gasteiger partial charge in [0.05, 0.1) is 0 Å². The maximum atomic E-state index is 11.3. The molecule has 0 fully saturated rings. The van der Waals surface area contributed by atoms with Gasteiger partial charge in [-0.15, -0.1) is 0 Å². The van der Waals surface area contributed by atoms with E-state index >= 15 is 0 Å². The molecule has 0 aliphatic rings. The van der Waals surface area contributed by atoms with Crippen LogP contribution in [0.5, 0.6) is 5.75 Å². The predicted octanol–water partition coefficient (Wildman–Crippen LogP) is 1.19. The van der Waals surface area contributed by atoms with Crippen LogP contribution in [-0.2, 0) is 10.1 Å². The van der Waals surface area contributed by atoms with Crippen LogP contribution in [0, 0.1) is 0 Å². The van der Waals surface area contributed by atoms with Gasteiger partial charge in [-0.25, -0.2) is 0 Å². The number of anilines is 1. The third-order valence-electron chi connectivity index (χ3n) is 2.50. The van der Waals surface area contributed by atoms with E-state index in [9.17, 15) is 22.9 Å². The highest BCUT2D eigenvalue weighted by atomic mass is 32.2. The zero-order valence-electron chi connectivity index (χ0n) is 8.99. The van der Waals surface area contributed by atoms with E-state index < -0.39 is 15.0 Å². The summed E-state index contributed by atoms with van der Waals surface area (Å²) in [4.78, 5) is 10.3. The van der Waals surface area contributed by atoms with Gasteiger partial charge in [0, 0.05) is 22.0 Å². The Morgan fingerprint density at radius 1 is 1.17 bits per heavy atom. The van der Waals surface area contributed by atoms with E-state index in [0.29, 0.717) is 0 Å². The molecule has 2 aromatic carbocycles. The summed E-state index contributed by atoms with van der Waals surface area (Å²) in [5.74, 6) is -0.264. The molecule has 94 valence electrons. The van der Waals surface area contributed by atoms with E-state index in [1.807, 2.05) is 0 Å². The van der Waals surface area contributed by atoms with Gasteiger partial charge in [-0.3, -0.25) is 9.35 Å². The van der Waals surface area contributed by atoms with E-state index in [0.717, 1.165) is 6.07 Å². The van der Waals surface area contributed by atoms with Crippen LogP contribution in [0.1, 0.15) is 10.4 Å². The molecule has 0 aliphatic heterocycles. The first-order chi connectivity index (χ1) is 8.34. The van der Waals surface area contributed by atoms with Crippen molar-refractivity contribution in [3.05, 3.63) is 29.8 Å². The van der Waals surface area contributed by atoms with Crippen LogP contribution in [0.25, 0.3) is 10.8 Å². The number of carbonyl (C=O) groups excluding carboxylic acids is 1.